The highest BCUT2D eigenvalue weighted by molar-refractivity contribution is 4.90. The zero-order valence-corrected chi connectivity index (χ0v) is 9.11. The van der Waals surface area contributed by atoms with Gasteiger partial charge in [0.05, 0.1) is 6.10 Å². The normalized spacial score (nSPS) is 37.5. The fourth-order valence-electron chi connectivity index (χ4n) is 2.51. The number of likely N-dealkylation sites (N-methyl/N-ethyl adjacent to an activating group) is 1. The number of nitrogens with two attached hydrogens (primary N) is 1. The van der Waals surface area contributed by atoms with Gasteiger partial charge < -0.3 is 10.5 Å². The lowest BCUT2D eigenvalue weighted by molar-refractivity contribution is 0.0359. The summed E-state index contributed by atoms with van der Waals surface area (Å²) in [6.45, 7) is 5.45. The summed E-state index contributed by atoms with van der Waals surface area (Å²) >= 11 is 0. The average Bonchev–Trinajstić information content (AvgIpc) is 2.62. The molecule has 2 fully saturated rings. The van der Waals surface area contributed by atoms with Crippen molar-refractivity contribution in [1.29, 1.82) is 0 Å². The molecule has 1 aliphatic carbocycles. The van der Waals surface area contributed by atoms with Crippen molar-refractivity contribution in [2.24, 2.45) is 5.73 Å². The lowest BCUT2D eigenvalue weighted by Gasteiger charge is -2.41. The summed E-state index contributed by atoms with van der Waals surface area (Å²) in [5.41, 5.74) is 5.81. The molecule has 0 aromatic carbocycles. The molecule has 3 heteroatoms. The first-order chi connectivity index (χ1) is 6.79. The van der Waals surface area contributed by atoms with E-state index in [-0.39, 0.29) is 0 Å². The highest BCUT2D eigenvalue weighted by atomic mass is 16.5. The predicted octanol–water partition coefficient (Wildman–Crippen LogP) is 0.977. The van der Waals surface area contributed by atoms with Crippen LogP contribution in [0.2, 0.25) is 0 Å². The van der Waals surface area contributed by atoms with Crippen LogP contribution in [-0.2, 0) is 4.74 Å². The van der Waals surface area contributed by atoms with Crippen molar-refractivity contribution < 1.29 is 4.74 Å². The fraction of sp³-hybridized carbons (Fsp3) is 1.00. The van der Waals surface area contributed by atoms with E-state index in [2.05, 4.69) is 11.8 Å². The molecule has 0 aromatic rings. The Bertz CT molecular complexity index is 174. The molecule has 2 N–H and O–H groups in total. The summed E-state index contributed by atoms with van der Waals surface area (Å²) < 4.78 is 5.66. The Morgan fingerprint density at radius 1 is 1.43 bits per heavy atom. The Morgan fingerprint density at radius 3 is 2.71 bits per heavy atom. The van der Waals surface area contributed by atoms with Gasteiger partial charge in [0.2, 0.25) is 0 Å². The van der Waals surface area contributed by atoms with Crippen molar-refractivity contribution in [2.45, 2.75) is 50.8 Å². The van der Waals surface area contributed by atoms with Gasteiger partial charge in [0.1, 0.15) is 0 Å². The Kier molecular flexibility index (Phi) is 3.42. The molecule has 1 saturated heterocycles. The van der Waals surface area contributed by atoms with Crippen molar-refractivity contribution >= 4 is 0 Å². The first-order valence-corrected chi connectivity index (χ1v) is 5.90. The first kappa shape index (κ1) is 10.4. The van der Waals surface area contributed by atoms with Gasteiger partial charge in [-0.3, -0.25) is 4.90 Å². The fourth-order valence-corrected chi connectivity index (χ4v) is 2.51. The molecule has 1 atom stereocenters. The van der Waals surface area contributed by atoms with Gasteiger partial charge in [-0.2, -0.15) is 0 Å². The van der Waals surface area contributed by atoms with Crippen molar-refractivity contribution in [3.63, 3.8) is 0 Å². The molecule has 2 rings (SSSR count). The minimum Gasteiger partial charge on any atom is -0.377 e. The van der Waals surface area contributed by atoms with E-state index in [1.165, 1.54) is 25.7 Å². The van der Waals surface area contributed by atoms with Crippen LogP contribution in [0.4, 0.5) is 0 Å². The second-order valence-corrected chi connectivity index (χ2v) is 4.61. The maximum absolute atomic E-state index is 5.81. The minimum absolute atomic E-state index is 0.457. The van der Waals surface area contributed by atoms with Crippen LogP contribution in [0.15, 0.2) is 0 Å². The molecule has 14 heavy (non-hydrogen) atoms. The van der Waals surface area contributed by atoms with Gasteiger partial charge in [-0.15, -0.1) is 0 Å². The maximum Gasteiger partial charge on any atom is 0.0702 e. The zero-order chi connectivity index (χ0) is 9.97. The Balaban J connectivity index is 1.75. The molecular weight excluding hydrogens is 176 g/mol. The van der Waals surface area contributed by atoms with Crippen molar-refractivity contribution in [3.05, 3.63) is 0 Å². The van der Waals surface area contributed by atoms with Crippen molar-refractivity contribution in [3.8, 4) is 0 Å². The van der Waals surface area contributed by atoms with Crippen LogP contribution in [0, 0.1) is 0 Å². The third-order valence-electron chi connectivity index (χ3n) is 3.53. The van der Waals surface area contributed by atoms with Gasteiger partial charge >= 0.3 is 0 Å². The summed E-state index contributed by atoms with van der Waals surface area (Å²) in [7, 11) is 0. The van der Waals surface area contributed by atoms with Crippen molar-refractivity contribution in [1.82, 2.24) is 4.90 Å². The summed E-state index contributed by atoms with van der Waals surface area (Å²) in [5.74, 6) is 0. The predicted molar refractivity (Wildman–Crippen MR) is 57.2 cm³/mol. The highest BCUT2D eigenvalue weighted by Crippen LogP contribution is 2.25. The van der Waals surface area contributed by atoms with Crippen LogP contribution in [0.25, 0.3) is 0 Å². The van der Waals surface area contributed by atoms with Crippen LogP contribution in [0.1, 0.15) is 32.6 Å². The third-order valence-corrected chi connectivity index (χ3v) is 3.53. The smallest absolute Gasteiger partial charge is 0.0702 e. The lowest BCUT2D eigenvalue weighted by atomic mass is 9.86. The molecule has 1 heterocycles. The third kappa shape index (κ3) is 2.27. The number of hydrogen-bond donors (Lipinski definition) is 1. The van der Waals surface area contributed by atoms with E-state index < -0.39 is 0 Å². The molecule has 2 aliphatic rings. The molecule has 1 saturated carbocycles. The second-order valence-electron chi connectivity index (χ2n) is 4.61. The number of hydrogen-bond acceptors (Lipinski definition) is 3. The van der Waals surface area contributed by atoms with E-state index in [1.54, 1.807) is 0 Å². The van der Waals surface area contributed by atoms with E-state index >= 15 is 0 Å². The van der Waals surface area contributed by atoms with E-state index in [4.69, 9.17) is 10.5 Å². The lowest BCUT2D eigenvalue weighted by Crippen LogP contribution is -2.52. The van der Waals surface area contributed by atoms with E-state index in [0.29, 0.717) is 12.1 Å². The average molecular weight is 198 g/mol. The molecular formula is C11H22N2O. The maximum atomic E-state index is 5.81. The standard InChI is InChI=1S/C11H22N2O/c1-2-13(10-6-9(12)7-10)8-11-4-3-5-14-11/h9-11H,2-8,12H2,1H3. The van der Waals surface area contributed by atoms with Gasteiger partial charge in [-0.25, -0.2) is 0 Å². The molecule has 0 bridgehead atoms. The SMILES string of the molecule is CCN(CC1CCCO1)C1CC(N)C1. The van der Waals surface area contributed by atoms with Crippen LogP contribution < -0.4 is 5.73 Å². The Morgan fingerprint density at radius 2 is 2.21 bits per heavy atom. The van der Waals surface area contributed by atoms with Crippen LogP contribution >= 0.6 is 0 Å². The molecule has 82 valence electrons. The highest BCUT2D eigenvalue weighted by Gasteiger charge is 2.32. The van der Waals surface area contributed by atoms with Gasteiger partial charge in [-0.1, -0.05) is 6.92 Å². The molecule has 1 unspecified atom stereocenters. The van der Waals surface area contributed by atoms with E-state index in [1.807, 2.05) is 0 Å². The summed E-state index contributed by atoms with van der Waals surface area (Å²) in [6.07, 6.45) is 5.34. The number of rotatable bonds is 4. The van der Waals surface area contributed by atoms with Crippen LogP contribution in [0.3, 0.4) is 0 Å². The molecule has 0 aromatic heterocycles. The molecule has 0 amide bonds. The van der Waals surface area contributed by atoms with Gasteiger partial charge in [0.25, 0.3) is 0 Å². The topological polar surface area (TPSA) is 38.5 Å². The number of ether oxygens (including phenoxy) is 1. The van der Waals surface area contributed by atoms with Crippen LogP contribution in [-0.4, -0.2) is 42.8 Å². The summed E-state index contributed by atoms with van der Waals surface area (Å²) in [6, 6.07) is 1.19. The minimum atomic E-state index is 0.457. The van der Waals surface area contributed by atoms with Gasteiger partial charge in [-0.05, 0) is 32.2 Å². The molecule has 0 radical (unpaired) electrons. The van der Waals surface area contributed by atoms with Gasteiger partial charge in [0, 0.05) is 25.2 Å². The largest absolute Gasteiger partial charge is 0.377 e. The Hall–Kier alpha value is -0.120. The molecule has 1 aliphatic heterocycles. The number of nitrogens with zero attached hydrogens (tertiary/aromatic N) is 1. The van der Waals surface area contributed by atoms with Gasteiger partial charge in [0.15, 0.2) is 0 Å². The molecule has 3 nitrogen and oxygen atoms in total. The van der Waals surface area contributed by atoms with E-state index in [0.717, 1.165) is 25.7 Å². The molecule has 0 spiro atoms. The zero-order valence-electron chi connectivity index (χ0n) is 9.11. The monoisotopic (exact) mass is 198 g/mol. The van der Waals surface area contributed by atoms with Crippen LogP contribution in [0.5, 0.6) is 0 Å². The first-order valence-electron chi connectivity index (χ1n) is 5.90. The summed E-state index contributed by atoms with van der Waals surface area (Å²) in [5, 5.41) is 0. The Labute approximate surface area is 86.6 Å². The second kappa shape index (κ2) is 4.60. The van der Waals surface area contributed by atoms with Crippen molar-refractivity contribution in [2.75, 3.05) is 19.7 Å². The quantitative estimate of drug-likeness (QED) is 0.731. The summed E-state index contributed by atoms with van der Waals surface area (Å²) in [4.78, 5) is 2.54. The van der Waals surface area contributed by atoms with E-state index in [9.17, 15) is 0 Å².